The van der Waals surface area contributed by atoms with E-state index in [1.54, 1.807) is 19.1 Å². The molecule has 1 atom stereocenters. The van der Waals surface area contributed by atoms with Crippen molar-refractivity contribution in [1.82, 2.24) is 15.1 Å². The number of ether oxygens (including phenoxy) is 2. The maximum atomic E-state index is 13.2. The number of carbonyl (C=O) groups is 2. The summed E-state index contributed by atoms with van der Waals surface area (Å²) >= 11 is 0. The van der Waals surface area contributed by atoms with Gasteiger partial charge >= 0.3 is 6.09 Å². The lowest BCUT2D eigenvalue weighted by atomic mass is 10.1. The van der Waals surface area contributed by atoms with Gasteiger partial charge in [0.2, 0.25) is 10.0 Å². The molecule has 0 heterocycles. The summed E-state index contributed by atoms with van der Waals surface area (Å²) in [6, 6.07) is 10.4. The molecule has 1 unspecified atom stereocenters. The lowest BCUT2D eigenvalue weighted by Gasteiger charge is -2.26. The van der Waals surface area contributed by atoms with Crippen molar-refractivity contribution in [2.45, 2.75) is 24.3 Å². The van der Waals surface area contributed by atoms with Crippen LogP contribution in [0.25, 0.3) is 0 Å². The quantitative estimate of drug-likeness (QED) is 0.148. The van der Waals surface area contributed by atoms with E-state index in [0.717, 1.165) is 4.31 Å². The number of hydroxylamine groups is 1. The molecule has 4 N–H and O–H groups in total. The van der Waals surface area contributed by atoms with Crippen LogP contribution in [0.3, 0.4) is 0 Å². The van der Waals surface area contributed by atoms with Crippen molar-refractivity contribution in [2.24, 2.45) is 0 Å². The number of carbonyl (C=O) groups excluding carboxylic acids is 1. The highest BCUT2D eigenvalue weighted by atomic mass is 32.2. The van der Waals surface area contributed by atoms with E-state index in [2.05, 4.69) is 17.2 Å². The zero-order chi connectivity index (χ0) is 25.8. The summed E-state index contributed by atoms with van der Waals surface area (Å²) in [5, 5.41) is 20.0. The zero-order valence-corrected chi connectivity index (χ0v) is 20.0. The molecule has 0 spiro atoms. The smallest absolute Gasteiger partial charge is 0.404 e. The Morgan fingerprint density at radius 1 is 1.06 bits per heavy atom. The van der Waals surface area contributed by atoms with Gasteiger partial charge in [0.15, 0.2) is 0 Å². The fourth-order valence-electron chi connectivity index (χ4n) is 3.00. The highest BCUT2D eigenvalue weighted by molar-refractivity contribution is 7.89. The van der Waals surface area contributed by atoms with Gasteiger partial charge in [-0.15, -0.1) is 5.92 Å². The fourth-order valence-corrected chi connectivity index (χ4v) is 4.30. The molecule has 188 valence electrons. The lowest BCUT2D eigenvalue weighted by Crippen LogP contribution is -2.40. The van der Waals surface area contributed by atoms with Crippen molar-refractivity contribution in [3.05, 3.63) is 54.1 Å². The Bertz CT molecular complexity index is 1160. The van der Waals surface area contributed by atoms with Gasteiger partial charge in [-0.05, 0) is 55.3 Å². The maximum Gasteiger partial charge on any atom is 0.404 e. The summed E-state index contributed by atoms with van der Waals surface area (Å²) in [7, 11) is -2.90. The predicted octanol–water partition coefficient (Wildman–Crippen LogP) is 1.99. The summed E-state index contributed by atoms with van der Waals surface area (Å²) in [4.78, 5) is 22.8. The van der Waals surface area contributed by atoms with Gasteiger partial charge in [-0.2, -0.15) is 4.31 Å². The molecule has 0 saturated carbocycles. The number of hydrogen-bond donors (Lipinski definition) is 4. The molecule has 0 saturated heterocycles. The second-order valence-corrected chi connectivity index (χ2v) is 9.09. The summed E-state index contributed by atoms with van der Waals surface area (Å²) in [5.41, 5.74) is 1.81. The van der Waals surface area contributed by atoms with Crippen molar-refractivity contribution in [3.63, 3.8) is 0 Å². The Labute approximate surface area is 203 Å². The topological polar surface area (TPSA) is 154 Å². The van der Waals surface area contributed by atoms with E-state index in [-0.39, 0.29) is 24.7 Å². The van der Waals surface area contributed by atoms with Crippen LogP contribution in [-0.2, 0) is 14.8 Å². The standard InChI is InChI=1S/C23H27N3O8S/c1-3-4-15-33-19-10-12-20(13-11-19)35(31,32)26(2)21(22(27)25-30)17-6-8-18(9-7-17)34-16-5-14-24-23(28)29/h6-13,21,24,30H,5,14-16H2,1-2H3,(H,25,27)(H,28,29). The van der Waals surface area contributed by atoms with Crippen molar-refractivity contribution >= 4 is 22.0 Å². The zero-order valence-electron chi connectivity index (χ0n) is 19.2. The average molecular weight is 506 g/mol. The van der Waals surface area contributed by atoms with E-state index in [1.165, 1.54) is 48.9 Å². The first kappa shape index (κ1) is 27.5. The van der Waals surface area contributed by atoms with Crippen LogP contribution >= 0.6 is 0 Å². The van der Waals surface area contributed by atoms with E-state index < -0.39 is 28.1 Å². The molecule has 0 aromatic heterocycles. The Hall–Kier alpha value is -3.79. The molecule has 12 heteroatoms. The first-order valence-electron chi connectivity index (χ1n) is 10.4. The molecule has 2 amide bonds. The number of carboxylic acid groups (broad SMARTS) is 1. The number of benzene rings is 2. The molecular weight excluding hydrogens is 478 g/mol. The number of likely N-dealkylation sites (N-methyl/N-ethyl adjacent to an activating group) is 1. The van der Waals surface area contributed by atoms with Crippen molar-refractivity contribution in [3.8, 4) is 23.3 Å². The molecule has 2 aromatic rings. The molecule has 2 rings (SSSR count). The van der Waals surface area contributed by atoms with Crippen LogP contribution in [0.1, 0.15) is 24.9 Å². The Morgan fingerprint density at radius 2 is 1.66 bits per heavy atom. The minimum Gasteiger partial charge on any atom is -0.494 e. The third kappa shape index (κ3) is 7.89. The second-order valence-electron chi connectivity index (χ2n) is 7.09. The predicted molar refractivity (Wildman–Crippen MR) is 126 cm³/mol. The van der Waals surface area contributed by atoms with Crippen molar-refractivity contribution in [1.29, 1.82) is 0 Å². The van der Waals surface area contributed by atoms with Gasteiger partial charge in [-0.1, -0.05) is 18.1 Å². The highest BCUT2D eigenvalue weighted by Gasteiger charge is 2.34. The van der Waals surface area contributed by atoms with Gasteiger partial charge in [0.05, 0.1) is 11.5 Å². The van der Waals surface area contributed by atoms with Crippen LogP contribution in [0.4, 0.5) is 4.79 Å². The molecule has 0 aliphatic heterocycles. The van der Waals surface area contributed by atoms with Gasteiger partial charge in [-0.25, -0.2) is 18.7 Å². The highest BCUT2D eigenvalue weighted by Crippen LogP contribution is 2.28. The molecule has 2 aromatic carbocycles. The molecular formula is C23H27N3O8S. The Kier molecular flexibility index (Phi) is 10.3. The number of nitrogens with zero attached hydrogens (tertiary/aromatic N) is 1. The molecule has 11 nitrogen and oxygen atoms in total. The average Bonchev–Trinajstić information content (AvgIpc) is 2.85. The van der Waals surface area contributed by atoms with E-state index in [9.17, 15) is 23.2 Å². The van der Waals surface area contributed by atoms with Crippen LogP contribution in [0.15, 0.2) is 53.4 Å². The van der Waals surface area contributed by atoms with Gasteiger partial charge in [0.25, 0.3) is 5.91 Å². The van der Waals surface area contributed by atoms with E-state index in [0.29, 0.717) is 23.5 Å². The number of hydrogen-bond acceptors (Lipinski definition) is 7. The molecule has 0 aliphatic carbocycles. The summed E-state index contributed by atoms with van der Waals surface area (Å²) in [5.74, 6) is 5.37. The van der Waals surface area contributed by atoms with Gasteiger partial charge in [-0.3, -0.25) is 10.0 Å². The van der Waals surface area contributed by atoms with Crippen LogP contribution in [0.2, 0.25) is 0 Å². The van der Waals surface area contributed by atoms with Gasteiger partial charge < -0.3 is 19.9 Å². The van der Waals surface area contributed by atoms with Crippen LogP contribution < -0.4 is 20.3 Å². The van der Waals surface area contributed by atoms with Crippen LogP contribution in [0.5, 0.6) is 11.5 Å². The number of sulfonamides is 1. The van der Waals surface area contributed by atoms with E-state index in [1.807, 2.05) is 0 Å². The molecule has 0 fully saturated rings. The SMILES string of the molecule is CC#CCOc1ccc(S(=O)(=O)N(C)C(C(=O)NO)c2ccc(OCCCNC(=O)O)cc2)cc1. The van der Waals surface area contributed by atoms with Gasteiger partial charge in [0.1, 0.15) is 24.1 Å². The Morgan fingerprint density at radius 3 is 2.23 bits per heavy atom. The minimum atomic E-state index is -4.13. The monoisotopic (exact) mass is 505 g/mol. The van der Waals surface area contributed by atoms with Crippen molar-refractivity contribution < 1.29 is 37.8 Å². The van der Waals surface area contributed by atoms with E-state index >= 15 is 0 Å². The number of rotatable bonds is 12. The molecule has 0 radical (unpaired) electrons. The lowest BCUT2D eigenvalue weighted by molar-refractivity contribution is -0.133. The van der Waals surface area contributed by atoms with Crippen LogP contribution in [-0.4, -0.2) is 61.8 Å². The fraction of sp³-hybridized carbons (Fsp3) is 0.304. The minimum absolute atomic E-state index is 0.0698. The summed E-state index contributed by atoms with van der Waals surface area (Å²) in [6.07, 6.45) is -0.673. The normalized spacial score (nSPS) is 11.7. The third-order valence-electron chi connectivity index (χ3n) is 4.77. The summed E-state index contributed by atoms with van der Waals surface area (Å²) < 4.78 is 38.1. The van der Waals surface area contributed by atoms with Gasteiger partial charge in [0, 0.05) is 13.6 Å². The Balaban J connectivity index is 2.16. The first-order valence-corrected chi connectivity index (χ1v) is 11.9. The van der Waals surface area contributed by atoms with Crippen LogP contribution in [0, 0.1) is 11.8 Å². The second kappa shape index (κ2) is 13.2. The molecule has 0 aliphatic rings. The largest absolute Gasteiger partial charge is 0.494 e. The maximum absolute atomic E-state index is 13.2. The molecule has 35 heavy (non-hydrogen) atoms. The van der Waals surface area contributed by atoms with E-state index in [4.69, 9.17) is 14.6 Å². The first-order chi connectivity index (χ1) is 16.7. The summed E-state index contributed by atoms with van der Waals surface area (Å²) in [6.45, 7) is 2.32. The molecule has 0 bridgehead atoms. The number of amides is 2. The van der Waals surface area contributed by atoms with Crippen molar-refractivity contribution in [2.75, 3.05) is 26.8 Å². The number of nitrogens with one attached hydrogen (secondary N) is 2. The third-order valence-corrected chi connectivity index (χ3v) is 6.61.